The van der Waals surface area contributed by atoms with Crippen LogP contribution >= 0.6 is 0 Å². The molecule has 0 unspecified atom stereocenters. The Labute approximate surface area is 192 Å². The summed E-state index contributed by atoms with van der Waals surface area (Å²) in [4.78, 5) is 16.4. The molecule has 1 aromatic heterocycles. The molecule has 0 amide bonds. The third-order valence-electron chi connectivity index (χ3n) is 5.88. The van der Waals surface area contributed by atoms with Gasteiger partial charge in [0.05, 0.1) is 23.4 Å². The Bertz CT molecular complexity index is 1180. The van der Waals surface area contributed by atoms with Gasteiger partial charge >= 0.3 is 5.97 Å². The molecule has 0 radical (unpaired) electrons. The second-order valence-corrected chi connectivity index (χ2v) is 8.35. The van der Waals surface area contributed by atoms with E-state index in [2.05, 4.69) is 0 Å². The van der Waals surface area contributed by atoms with Crippen molar-refractivity contribution in [3.8, 4) is 11.1 Å². The summed E-state index contributed by atoms with van der Waals surface area (Å²) in [5, 5.41) is 22.8. The number of aliphatic hydroxyl groups is 2. The van der Waals surface area contributed by atoms with Crippen molar-refractivity contribution in [3.63, 3.8) is 0 Å². The molecule has 6 heteroatoms. The molecular formula is C27H28FNO4. The number of carbonyl (C=O) groups is 1. The van der Waals surface area contributed by atoms with Crippen molar-refractivity contribution >= 4 is 22.6 Å². The lowest BCUT2D eigenvalue weighted by Gasteiger charge is -2.18. The van der Waals surface area contributed by atoms with Crippen molar-refractivity contribution in [1.29, 1.82) is 0 Å². The molecule has 0 bridgehead atoms. The van der Waals surface area contributed by atoms with Gasteiger partial charge in [-0.1, -0.05) is 30.3 Å². The Kier molecular flexibility index (Phi) is 6.92. The highest BCUT2D eigenvalue weighted by atomic mass is 19.1. The number of benzene rings is 2. The average Bonchev–Trinajstić information content (AvgIpc) is 3.66. The van der Waals surface area contributed by atoms with Crippen molar-refractivity contribution in [3.05, 3.63) is 71.4 Å². The van der Waals surface area contributed by atoms with Gasteiger partial charge in [-0.25, -0.2) is 4.39 Å². The summed E-state index contributed by atoms with van der Waals surface area (Å²) in [6.07, 6.45) is 3.51. The summed E-state index contributed by atoms with van der Waals surface area (Å²) in [5.74, 6) is -0.738. The molecule has 0 spiro atoms. The lowest BCUT2D eigenvalue weighted by atomic mass is 9.91. The molecule has 0 aliphatic heterocycles. The van der Waals surface area contributed by atoms with Gasteiger partial charge in [0.15, 0.2) is 5.76 Å². The zero-order valence-electron chi connectivity index (χ0n) is 18.7. The first-order valence-corrected chi connectivity index (χ1v) is 11.4. The second-order valence-electron chi connectivity index (χ2n) is 8.35. The van der Waals surface area contributed by atoms with Gasteiger partial charge in [-0.05, 0) is 56.4 Å². The molecule has 0 saturated heterocycles. The number of allylic oxidation sites excluding steroid dienone is 1. The number of pyridine rings is 1. The number of ether oxygens (including phenoxy) is 1. The van der Waals surface area contributed by atoms with Crippen LogP contribution in [0.3, 0.4) is 0 Å². The number of nitrogens with zero attached hydrogens (tertiary/aromatic N) is 1. The highest BCUT2D eigenvalue weighted by Crippen LogP contribution is 2.47. The van der Waals surface area contributed by atoms with Gasteiger partial charge in [0.25, 0.3) is 0 Å². The quantitative estimate of drug-likeness (QED) is 0.213. The average molecular weight is 450 g/mol. The normalized spacial score (nSPS) is 14.2. The van der Waals surface area contributed by atoms with E-state index in [-0.39, 0.29) is 42.1 Å². The smallest absolute Gasteiger partial charge is 0.305 e. The van der Waals surface area contributed by atoms with E-state index in [0.29, 0.717) is 25.0 Å². The third kappa shape index (κ3) is 5.16. The fourth-order valence-corrected chi connectivity index (χ4v) is 4.10. The molecule has 1 saturated carbocycles. The first-order chi connectivity index (χ1) is 16.0. The monoisotopic (exact) mass is 449 g/mol. The molecule has 2 N–H and O–H groups in total. The van der Waals surface area contributed by atoms with Crippen LogP contribution in [0, 0.1) is 5.82 Å². The second kappa shape index (κ2) is 10.0. The number of para-hydroxylation sites is 1. The van der Waals surface area contributed by atoms with Gasteiger partial charge in [0.2, 0.25) is 0 Å². The Morgan fingerprint density at radius 3 is 2.45 bits per heavy atom. The zero-order chi connectivity index (χ0) is 23.4. The number of carbonyl (C=O) groups excluding carboxylic acids is 1. The fraction of sp³-hybridized carbons (Fsp3) is 0.333. The molecule has 172 valence electrons. The van der Waals surface area contributed by atoms with Gasteiger partial charge in [-0.2, -0.15) is 0 Å². The predicted octanol–water partition coefficient (Wildman–Crippen LogP) is 6.83. The number of fused-ring (bicyclic) bond motifs is 1. The molecule has 1 aliphatic rings. The molecule has 5 nitrogen and oxygen atoms in total. The minimum atomic E-state index is -0.342. The van der Waals surface area contributed by atoms with Crippen LogP contribution in [0.4, 0.5) is 4.39 Å². The molecule has 0 atom stereocenters. The van der Waals surface area contributed by atoms with Crippen molar-refractivity contribution in [2.45, 2.75) is 51.4 Å². The van der Waals surface area contributed by atoms with Gasteiger partial charge in [0.1, 0.15) is 11.6 Å². The first-order valence-electron chi connectivity index (χ1n) is 11.4. The molecule has 2 aromatic carbocycles. The number of aliphatic hydroxyl groups excluding tert-OH is 2. The number of unbranched alkanes of at least 4 members (excludes halogenated alkanes) is 1. The molecule has 33 heavy (non-hydrogen) atoms. The van der Waals surface area contributed by atoms with Gasteiger partial charge in [-0.3, -0.25) is 9.78 Å². The van der Waals surface area contributed by atoms with E-state index >= 15 is 0 Å². The summed E-state index contributed by atoms with van der Waals surface area (Å²) in [6.45, 7) is 2.11. The first kappa shape index (κ1) is 22.8. The Hall–Kier alpha value is -3.41. The van der Waals surface area contributed by atoms with Crippen molar-refractivity contribution in [2.24, 2.45) is 0 Å². The van der Waals surface area contributed by atoms with Crippen LogP contribution in [-0.4, -0.2) is 27.8 Å². The minimum absolute atomic E-state index is 0.138. The Morgan fingerprint density at radius 1 is 1.06 bits per heavy atom. The molecule has 1 fully saturated rings. The van der Waals surface area contributed by atoms with E-state index < -0.39 is 0 Å². The van der Waals surface area contributed by atoms with Gasteiger partial charge in [-0.15, -0.1) is 0 Å². The highest BCUT2D eigenvalue weighted by molar-refractivity contribution is 6.00. The SMILES string of the molecule is CCOC(=O)CCCCC(O)=C(O)c1c(C2CC2)nc2ccccc2c1-c1ccc(F)cc1. The lowest BCUT2D eigenvalue weighted by molar-refractivity contribution is -0.143. The van der Waals surface area contributed by atoms with E-state index in [0.717, 1.165) is 40.6 Å². The summed E-state index contributed by atoms with van der Waals surface area (Å²) in [7, 11) is 0. The number of esters is 1. The Morgan fingerprint density at radius 2 is 1.76 bits per heavy atom. The molecule has 1 aliphatic carbocycles. The minimum Gasteiger partial charge on any atom is -0.508 e. The van der Waals surface area contributed by atoms with Crippen LogP contribution < -0.4 is 0 Å². The van der Waals surface area contributed by atoms with Gasteiger partial charge in [0, 0.05) is 29.7 Å². The summed E-state index contributed by atoms with van der Waals surface area (Å²) < 4.78 is 18.6. The molecule has 1 heterocycles. The summed E-state index contributed by atoms with van der Waals surface area (Å²) in [6, 6.07) is 13.8. The van der Waals surface area contributed by atoms with Crippen LogP contribution in [0.25, 0.3) is 27.8 Å². The Balaban J connectivity index is 1.76. The number of halogens is 1. The molecular weight excluding hydrogens is 421 g/mol. The van der Waals surface area contributed by atoms with E-state index in [1.807, 2.05) is 24.3 Å². The van der Waals surface area contributed by atoms with E-state index in [1.54, 1.807) is 19.1 Å². The third-order valence-corrected chi connectivity index (χ3v) is 5.88. The number of hydrogen-bond acceptors (Lipinski definition) is 5. The van der Waals surface area contributed by atoms with Crippen LogP contribution in [0.15, 0.2) is 54.3 Å². The summed E-state index contributed by atoms with van der Waals surface area (Å²) in [5.41, 5.74) is 3.53. The van der Waals surface area contributed by atoms with E-state index in [1.165, 1.54) is 12.1 Å². The summed E-state index contributed by atoms with van der Waals surface area (Å²) >= 11 is 0. The number of hydrogen-bond donors (Lipinski definition) is 2. The molecule has 4 rings (SSSR count). The van der Waals surface area contributed by atoms with E-state index in [9.17, 15) is 19.4 Å². The van der Waals surface area contributed by atoms with Crippen LogP contribution in [0.1, 0.15) is 62.6 Å². The van der Waals surface area contributed by atoms with Crippen LogP contribution in [0.5, 0.6) is 0 Å². The maximum Gasteiger partial charge on any atom is 0.305 e. The topological polar surface area (TPSA) is 79.7 Å². The standard InChI is InChI=1S/C27H28FNO4/c1-2-33-23(31)10-6-5-9-22(30)27(32)25-24(17-13-15-19(28)16-14-17)20-7-3-4-8-21(20)29-26(25)18-11-12-18/h3-4,7-8,13-16,18,30,32H,2,5-6,9-12H2,1H3. The largest absolute Gasteiger partial charge is 0.508 e. The van der Waals surface area contributed by atoms with Gasteiger partial charge < -0.3 is 14.9 Å². The van der Waals surface area contributed by atoms with E-state index in [4.69, 9.17) is 9.72 Å². The van der Waals surface area contributed by atoms with Crippen molar-refractivity contribution < 1.29 is 24.1 Å². The zero-order valence-corrected chi connectivity index (χ0v) is 18.7. The van der Waals surface area contributed by atoms with Crippen LogP contribution in [-0.2, 0) is 9.53 Å². The maximum absolute atomic E-state index is 13.7. The fourth-order valence-electron chi connectivity index (χ4n) is 4.10. The maximum atomic E-state index is 13.7. The predicted molar refractivity (Wildman–Crippen MR) is 126 cm³/mol. The van der Waals surface area contributed by atoms with Crippen molar-refractivity contribution in [2.75, 3.05) is 6.61 Å². The number of rotatable bonds is 9. The van der Waals surface area contributed by atoms with Crippen molar-refractivity contribution in [1.82, 2.24) is 4.98 Å². The van der Waals surface area contributed by atoms with Crippen LogP contribution in [0.2, 0.25) is 0 Å². The number of aromatic nitrogens is 1. The highest BCUT2D eigenvalue weighted by Gasteiger charge is 2.32. The lowest BCUT2D eigenvalue weighted by Crippen LogP contribution is -2.05. The molecule has 3 aromatic rings.